The number of pyridine rings is 1. The Kier molecular flexibility index (Phi) is 11.8. The minimum atomic E-state index is -0.634. The zero-order chi connectivity index (χ0) is 22.4. The Bertz CT molecular complexity index is 845. The zero-order valence-electron chi connectivity index (χ0n) is 17.5. The van der Waals surface area contributed by atoms with E-state index in [-0.39, 0.29) is 35.5 Å². The van der Waals surface area contributed by atoms with Crippen molar-refractivity contribution >= 4 is 23.2 Å². The summed E-state index contributed by atoms with van der Waals surface area (Å²) in [6.45, 7) is 9.46. The smallest absolute Gasteiger partial charge is 0.313 e. The van der Waals surface area contributed by atoms with Crippen LogP contribution in [-0.2, 0) is 16.1 Å². The van der Waals surface area contributed by atoms with Crippen LogP contribution < -0.4 is 10.1 Å². The van der Waals surface area contributed by atoms with Crippen LogP contribution in [0.25, 0.3) is 0 Å². The van der Waals surface area contributed by atoms with Crippen LogP contribution in [0.15, 0.2) is 30.3 Å². The molecular formula is C20H26N4O5. The van der Waals surface area contributed by atoms with E-state index in [0.717, 1.165) is 11.6 Å². The van der Waals surface area contributed by atoms with Gasteiger partial charge in [-0.05, 0) is 17.7 Å². The summed E-state index contributed by atoms with van der Waals surface area (Å²) in [6, 6.07) is 9.64. The Balaban J connectivity index is 0.00000184. The Morgan fingerprint density at radius 2 is 1.83 bits per heavy atom. The number of carbonyl (C=O) groups is 1. The number of aromatic nitrogens is 1. The van der Waals surface area contributed by atoms with Crippen molar-refractivity contribution in [3.8, 4) is 11.9 Å². The van der Waals surface area contributed by atoms with Gasteiger partial charge in [0.15, 0.2) is 0 Å². The van der Waals surface area contributed by atoms with E-state index in [0.29, 0.717) is 5.69 Å². The van der Waals surface area contributed by atoms with Crippen molar-refractivity contribution < 1.29 is 19.2 Å². The van der Waals surface area contributed by atoms with E-state index in [9.17, 15) is 14.9 Å². The molecule has 9 heteroatoms. The van der Waals surface area contributed by atoms with Gasteiger partial charge in [-0.25, -0.2) is 0 Å². The Labute approximate surface area is 170 Å². The molecule has 0 aliphatic carbocycles. The summed E-state index contributed by atoms with van der Waals surface area (Å²) in [7, 11) is 1.32. The number of rotatable bonds is 6. The summed E-state index contributed by atoms with van der Waals surface area (Å²) in [4.78, 5) is 25.4. The molecular weight excluding hydrogens is 376 g/mol. The average molecular weight is 402 g/mol. The lowest BCUT2D eigenvalue weighted by Crippen LogP contribution is -2.03. The average Bonchev–Trinajstić information content (AvgIpc) is 2.75. The summed E-state index contributed by atoms with van der Waals surface area (Å²) < 4.78 is 9.86. The van der Waals surface area contributed by atoms with Crippen molar-refractivity contribution in [1.82, 2.24) is 4.98 Å². The van der Waals surface area contributed by atoms with Crippen molar-refractivity contribution in [2.24, 2.45) is 0 Å². The molecule has 0 unspecified atom stereocenters. The largest absolute Gasteiger partial charge is 0.480 e. The third kappa shape index (κ3) is 7.84. The summed E-state index contributed by atoms with van der Waals surface area (Å²) in [5, 5.41) is 23.0. The van der Waals surface area contributed by atoms with Gasteiger partial charge < -0.3 is 14.8 Å². The van der Waals surface area contributed by atoms with Gasteiger partial charge in [-0.1, -0.05) is 39.8 Å². The third-order valence-electron chi connectivity index (χ3n) is 3.14. The number of esters is 1. The molecule has 0 bridgehead atoms. The van der Waals surface area contributed by atoms with E-state index in [1.165, 1.54) is 14.0 Å². The fourth-order valence-corrected chi connectivity index (χ4v) is 1.96. The van der Waals surface area contributed by atoms with Gasteiger partial charge in [0.25, 0.3) is 0 Å². The highest BCUT2D eigenvalue weighted by Gasteiger charge is 2.21. The maximum atomic E-state index is 11.2. The van der Waals surface area contributed by atoms with Crippen LogP contribution in [0.5, 0.6) is 5.88 Å². The maximum Gasteiger partial charge on any atom is 0.313 e. The molecule has 0 radical (unpaired) electrons. The molecule has 0 aliphatic heterocycles. The molecule has 1 heterocycles. The Morgan fingerprint density at radius 3 is 2.28 bits per heavy atom. The van der Waals surface area contributed by atoms with E-state index >= 15 is 0 Å². The second-order valence-corrected chi connectivity index (χ2v) is 4.88. The number of hydrogen-bond donors (Lipinski definition) is 1. The Morgan fingerprint density at radius 1 is 1.24 bits per heavy atom. The fraction of sp³-hybridized carbons (Fsp3) is 0.350. The Hall–Kier alpha value is -3.67. The lowest BCUT2D eigenvalue weighted by molar-refractivity contribution is -0.384. The highest BCUT2D eigenvalue weighted by molar-refractivity contribution is 5.68. The van der Waals surface area contributed by atoms with Crippen LogP contribution in [0.4, 0.5) is 17.2 Å². The molecule has 0 atom stereocenters. The summed E-state index contributed by atoms with van der Waals surface area (Å²) in [5.41, 5.74) is 0.923. The molecule has 1 aromatic carbocycles. The summed E-state index contributed by atoms with van der Waals surface area (Å²) >= 11 is 0. The first kappa shape index (κ1) is 25.3. The van der Waals surface area contributed by atoms with Crippen LogP contribution in [0.3, 0.4) is 0 Å². The number of nitrogens with zero attached hydrogens (tertiary/aromatic N) is 3. The van der Waals surface area contributed by atoms with E-state index in [1.807, 2.05) is 27.7 Å². The molecule has 0 fully saturated rings. The molecule has 0 saturated carbocycles. The minimum absolute atomic E-state index is 0.0120. The third-order valence-corrected chi connectivity index (χ3v) is 3.14. The van der Waals surface area contributed by atoms with Gasteiger partial charge in [0, 0.05) is 18.7 Å². The number of ether oxygens (including phenoxy) is 2. The van der Waals surface area contributed by atoms with Gasteiger partial charge >= 0.3 is 11.7 Å². The molecule has 1 aromatic heterocycles. The maximum absolute atomic E-state index is 11.2. The summed E-state index contributed by atoms with van der Waals surface area (Å²) in [6.07, 6.45) is 0. The number of nitro groups is 1. The van der Waals surface area contributed by atoms with Crippen molar-refractivity contribution in [3.63, 3.8) is 0 Å². The molecule has 9 nitrogen and oxygen atoms in total. The first-order valence-electron chi connectivity index (χ1n) is 9.07. The first-order valence-corrected chi connectivity index (χ1v) is 9.07. The van der Waals surface area contributed by atoms with E-state index in [2.05, 4.69) is 10.3 Å². The topological polar surface area (TPSA) is 127 Å². The number of nitrogens with one attached hydrogen (secondary N) is 1. The molecule has 0 amide bonds. The highest BCUT2D eigenvalue weighted by Crippen LogP contribution is 2.30. The van der Waals surface area contributed by atoms with Gasteiger partial charge in [0.2, 0.25) is 11.7 Å². The first-order chi connectivity index (χ1) is 13.9. The van der Waals surface area contributed by atoms with Crippen molar-refractivity contribution in [2.75, 3.05) is 12.4 Å². The molecule has 156 valence electrons. The normalized spacial score (nSPS) is 8.86. The number of hydrogen-bond acceptors (Lipinski definition) is 8. The van der Waals surface area contributed by atoms with Crippen molar-refractivity contribution in [3.05, 3.63) is 51.6 Å². The lowest BCUT2D eigenvalue weighted by atomic mass is 10.2. The van der Waals surface area contributed by atoms with Crippen LogP contribution in [0.2, 0.25) is 0 Å². The van der Waals surface area contributed by atoms with Gasteiger partial charge in [0.1, 0.15) is 18.2 Å². The van der Waals surface area contributed by atoms with E-state index in [4.69, 9.17) is 14.7 Å². The summed E-state index contributed by atoms with van der Waals surface area (Å²) in [5.74, 6) is -0.442. The molecule has 0 spiro atoms. The fourth-order valence-electron chi connectivity index (χ4n) is 1.96. The van der Waals surface area contributed by atoms with Gasteiger partial charge in [-0.15, -0.1) is 0 Å². The quantitative estimate of drug-likeness (QED) is 0.417. The SMILES string of the molecule is CC.CC.COc1nc(Nc2ccc(COC(C)=O)cc2)c([N+](=O)[O-])cc1C#N. The van der Waals surface area contributed by atoms with Gasteiger partial charge in [-0.3, -0.25) is 14.9 Å². The number of anilines is 2. The number of carbonyl (C=O) groups excluding carboxylic acids is 1. The van der Waals surface area contributed by atoms with Gasteiger partial charge in [-0.2, -0.15) is 10.2 Å². The standard InChI is InChI=1S/C16H14N4O5.2C2H6/c1-10(21)25-9-11-3-5-13(6-4-11)18-15-14(20(22)23)7-12(8-17)16(19-15)24-2;2*1-2/h3-7H,9H2,1-2H3,(H,18,19);2*1-2H3. The predicted molar refractivity (Wildman–Crippen MR) is 110 cm³/mol. The second-order valence-electron chi connectivity index (χ2n) is 4.88. The molecule has 2 rings (SSSR count). The minimum Gasteiger partial charge on any atom is -0.480 e. The van der Waals surface area contributed by atoms with E-state index < -0.39 is 4.92 Å². The lowest BCUT2D eigenvalue weighted by Gasteiger charge is -2.09. The predicted octanol–water partition coefficient (Wildman–Crippen LogP) is 4.73. The van der Waals surface area contributed by atoms with Crippen LogP contribution >= 0.6 is 0 Å². The van der Waals surface area contributed by atoms with Crippen LogP contribution in [0.1, 0.15) is 45.7 Å². The zero-order valence-corrected chi connectivity index (χ0v) is 17.5. The second kappa shape index (κ2) is 13.5. The molecule has 0 aliphatic rings. The molecule has 2 aromatic rings. The van der Waals surface area contributed by atoms with E-state index in [1.54, 1.807) is 30.3 Å². The molecule has 1 N–H and O–H groups in total. The monoisotopic (exact) mass is 402 g/mol. The van der Waals surface area contributed by atoms with Crippen molar-refractivity contribution in [1.29, 1.82) is 5.26 Å². The van der Waals surface area contributed by atoms with Crippen molar-refractivity contribution in [2.45, 2.75) is 41.2 Å². The molecule has 0 saturated heterocycles. The number of methoxy groups -OCH3 is 1. The van der Waals surface area contributed by atoms with Crippen LogP contribution in [-0.4, -0.2) is 23.0 Å². The van der Waals surface area contributed by atoms with Crippen LogP contribution in [0, 0.1) is 21.4 Å². The van der Waals surface area contributed by atoms with Gasteiger partial charge in [0.05, 0.1) is 12.0 Å². The molecule has 29 heavy (non-hydrogen) atoms. The number of benzene rings is 1. The highest BCUT2D eigenvalue weighted by atomic mass is 16.6. The number of nitriles is 1.